The van der Waals surface area contributed by atoms with Gasteiger partial charge in [0.2, 0.25) is 0 Å². The minimum absolute atomic E-state index is 0.0454. The van der Waals surface area contributed by atoms with Gasteiger partial charge >= 0.3 is 5.97 Å². The van der Waals surface area contributed by atoms with Gasteiger partial charge in [-0.1, -0.05) is 6.07 Å². The zero-order valence-electron chi connectivity index (χ0n) is 17.4. The highest BCUT2D eigenvalue weighted by Crippen LogP contribution is 2.38. The molecule has 0 bridgehead atoms. The fourth-order valence-corrected chi connectivity index (χ4v) is 4.72. The predicted octanol–water partition coefficient (Wildman–Crippen LogP) is 1.82. The van der Waals surface area contributed by atoms with Gasteiger partial charge in [0.1, 0.15) is 11.9 Å². The molecular weight excluding hydrogens is 384 g/mol. The zero-order valence-corrected chi connectivity index (χ0v) is 17.4. The van der Waals surface area contributed by atoms with Crippen molar-refractivity contribution in [1.29, 1.82) is 0 Å². The van der Waals surface area contributed by atoms with Gasteiger partial charge in [0.15, 0.2) is 0 Å². The molecule has 1 aromatic carbocycles. The van der Waals surface area contributed by atoms with E-state index in [4.69, 9.17) is 9.47 Å². The molecule has 0 radical (unpaired) electrons. The van der Waals surface area contributed by atoms with Crippen LogP contribution in [0.3, 0.4) is 0 Å². The second kappa shape index (κ2) is 8.62. The van der Waals surface area contributed by atoms with Gasteiger partial charge in [-0.15, -0.1) is 0 Å². The van der Waals surface area contributed by atoms with Crippen LogP contribution in [0.4, 0.5) is 0 Å². The van der Waals surface area contributed by atoms with E-state index < -0.39 is 6.10 Å². The SMILES string of the molecule is COC(=O)c1ccc(O[C@@H]2C[C@@H]3CN(Cc4cccn(C)c4=O)C[C@@H]3C[C@H]2O)cc1. The molecule has 30 heavy (non-hydrogen) atoms. The number of esters is 1. The topological polar surface area (TPSA) is 81.0 Å². The predicted molar refractivity (Wildman–Crippen MR) is 111 cm³/mol. The first kappa shape index (κ1) is 20.6. The Balaban J connectivity index is 1.38. The van der Waals surface area contributed by atoms with Crippen molar-refractivity contribution in [2.75, 3.05) is 20.2 Å². The van der Waals surface area contributed by atoms with Crippen molar-refractivity contribution in [1.82, 2.24) is 9.47 Å². The highest BCUT2D eigenvalue weighted by Gasteiger charge is 2.42. The number of likely N-dealkylation sites (tertiary alicyclic amines) is 1. The van der Waals surface area contributed by atoms with Gasteiger partial charge in [0, 0.05) is 38.4 Å². The van der Waals surface area contributed by atoms with E-state index in [2.05, 4.69) is 4.90 Å². The Kier molecular flexibility index (Phi) is 5.92. The number of nitrogens with zero attached hydrogens (tertiary/aromatic N) is 2. The molecule has 7 heteroatoms. The van der Waals surface area contributed by atoms with Crippen molar-refractivity contribution in [3.8, 4) is 5.75 Å². The van der Waals surface area contributed by atoms with Crippen molar-refractivity contribution < 1.29 is 19.4 Å². The van der Waals surface area contributed by atoms with Gasteiger partial charge in [-0.3, -0.25) is 9.69 Å². The van der Waals surface area contributed by atoms with E-state index in [-0.39, 0.29) is 17.6 Å². The minimum Gasteiger partial charge on any atom is -0.488 e. The summed E-state index contributed by atoms with van der Waals surface area (Å²) in [5.74, 6) is 1.09. The van der Waals surface area contributed by atoms with Crippen molar-refractivity contribution in [3.63, 3.8) is 0 Å². The molecule has 160 valence electrons. The number of aryl methyl sites for hydroxylation is 1. The van der Waals surface area contributed by atoms with Crippen LogP contribution in [0.25, 0.3) is 0 Å². The lowest BCUT2D eigenvalue weighted by Gasteiger charge is -2.35. The Labute approximate surface area is 175 Å². The molecule has 1 aliphatic heterocycles. The summed E-state index contributed by atoms with van der Waals surface area (Å²) < 4.78 is 12.4. The number of aliphatic hydroxyl groups excluding tert-OH is 1. The average molecular weight is 412 g/mol. The molecule has 1 saturated carbocycles. The molecule has 0 amide bonds. The molecule has 0 unspecified atom stereocenters. The number of fused-ring (bicyclic) bond motifs is 1. The fourth-order valence-electron chi connectivity index (χ4n) is 4.72. The number of hydrogen-bond acceptors (Lipinski definition) is 6. The molecule has 7 nitrogen and oxygen atoms in total. The number of hydrogen-bond donors (Lipinski definition) is 1. The van der Waals surface area contributed by atoms with Crippen LogP contribution in [0, 0.1) is 11.8 Å². The Morgan fingerprint density at radius 3 is 2.53 bits per heavy atom. The number of benzene rings is 1. The largest absolute Gasteiger partial charge is 0.488 e. The maximum absolute atomic E-state index is 12.3. The lowest BCUT2D eigenvalue weighted by atomic mass is 9.78. The molecule has 2 fully saturated rings. The third-order valence-corrected chi connectivity index (χ3v) is 6.32. The molecule has 2 aromatic rings. The normalized spacial score (nSPS) is 26.2. The molecule has 1 aromatic heterocycles. The Morgan fingerprint density at radius 1 is 1.13 bits per heavy atom. The highest BCUT2D eigenvalue weighted by atomic mass is 16.5. The number of rotatable bonds is 5. The third kappa shape index (κ3) is 4.27. The summed E-state index contributed by atoms with van der Waals surface area (Å²) in [6.45, 7) is 2.42. The Bertz CT molecular complexity index is 955. The lowest BCUT2D eigenvalue weighted by molar-refractivity contribution is -0.0231. The number of carbonyl (C=O) groups is 1. The molecule has 2 heterocycles. The highest BCUT2D eigenvalue weighted by molar-refractivity contribution is 5.89. The average Bonchev–Trinajstić information content (AvgIpc) is 3.12. The lowest BCUT2D eigenvalue weighted by Crippen LogP contribution is -2.42. The van der Waals surface area contributed by atoms with Crippen LogP contribution in [0.5, 0.6) is 5.75 Å². The molecule has 1 saturated heterocycles. The molecule has 1 aliphatic carbocycles. The van der Waals surface area contributed by atoms with Crippen LogP contribution in [-0.2, 0) is 18.3 Å². The van der Waals surface area contributed by atoms with Gasteiger partial charge in [0.05, 0.1) is 18.8 Å². The Hall–Kier alpha value is -2.64. The number of aliphatic hydroxyl groups is 1. The van der Waals surface area contributed by atoms with Crippen LogP contribution in [0.2, 0.25) is 0 Å². The maximum Gasteiger partial charge on any atom is 0.337 e. The molecule has 4 rings (SSSR count). The van der Waals surface area contributed by atoms with Crippen LogP contribution in [-0.4, -0.2) is 53.0 Å². The third-order valence-electron chi connectivity index (χ3n) is 6.32. The van der Waals surface area contributed by atoms with E-state index in [1.165, 1.54) is 7.11 Å². The standard InChI is InChI=1S/C23H28N2O5/c1-24-9-3-4-16(22(24)27)12-25-13-17-10-20(26)21(11-18(17)14-25)30-19-7-5-15(6-8-19)23(28)29-2/h3-9,17-18,20-21,26H,10-14H2,1-2H3/t17-,18+,20+,21+/m0/s1. The van der Waals surface area contributed by atoms with E-state index in [9.17, 15) is 14.7 Å². The van der Waals surface area contributed by atoms with E-state index in [0.29, 0.717) is 36.1 Å². The summed E-state index contributed by atoms with van der Waals surface area (Å²) in [6.07, 6.45) is 2.43. The van der Waals surface area contributed by atoms with Crippen LogP contribution < -0.4 is 10.3 Å². The van der Waals surface area contributed by atoms with Gasteiger partial charge in [-0.2, -0.15) is 0 Å². The molecule has 2 aliphatic rings. The van der Waals surface area contributed by atoms with Crippen molar-refractivity contribution >= 4 is 5.97 Å². The summed E-state index contributed by atoms with van der Waals surface area (Å²) in [4.78, 5) is 26.2. The molecule has 0 spiro atoms. The first-order valence-corrected chi connectivity index (χ1v) is 10.3. The minimum atomic E-state index is -0.531. The van der Waals surface area contributed by atoms with Crippen LogP contribution >= 0.6 is 0 Å². The van der Waals surface area contributed by atoms with Gasteiger partial charge in [-0.05, 0) is 55.0 Å². The van der Waals surface area contributed by atoms with E-state index >= 15 is 0 Å². The number of methoxy groups -OCH3 is 1. The maximum atomic E-state index is 12.3. The first-order chi connectivity index (χ1) is 14.4. The monoisotopic (exact) mass is 412 g/mol. The quantitative estimate of drug-likeness (QED) is 0.755. The Morgan fingerprint density at radius 2 is 1.83 bits per heavy atom. The van der Waals surface area contributed by atoms with E-state index in [1.54, 1.807) is 42.1 Å². The molecular formula is C23H28N2O5. The van der Waals surface area contributed by atoms with Crippen molar-refractivity contribution in [3.05, 3.63) is 64.1 Å². The van der Waals surface area contributed by atoms with Crippen molar-refractivity contribution in [2.24, 2.45) is 18.9 Å². The van der Waals surface area contributed by atoms with E-state index in [0.717, 1.165) is 25.1 Å². The van der Waals surface area contributed by atoms with Gasteiger partial charge in [-0.25, -0.2) is 4.79 Å². The van der Waals surface area contributed by atoms with Gasteiger partial charge < -0.3 is 19.1 Å². The summed E-state index contributed by atoms with van der Waals surface area (Å²) in [6, 6.07) is 10.6. The smallest absolute Gasteiger partial charge is 0.337 e. The summed E-state index contributed by atoms with van der Waals surface area (Å²) in [5.41, 5.74) is 1.31. The first-order valence-electron chi connectivity index (χ1n) is 10.3. The zero-order chi connectivity index (χ0) is 21.3. The number of carbonyl (C=O) groups excluding carboxylic acids is 1. The molecule has 4 atom stereocenters. The second-order valence-electron chi connectivity index (χ2n) is 8.37. The number of aromatic nitrogens is 1. The summed E-state index contributed by atoms with van der Waals surface area (Å²) in [5, 5.41) is 10.6. The fraction of sp³-hybridized carbons (Fsp3) is 0.478. The van der Waals surface area contributed by atoms with Crippen LogP contribution in [0.1, 0.15) is 28.8 Å². The van der Waals surface area contributed by atoms with Crippen molar-refractivity contribution in [2.45, 2.75) is 31.6 Å². The van der Waals surface area contributed by atoms with E-state index in [1.807, 2.05) is 12.1 Å². The number of ether oxygens (including phenoxy) is 2. The van der Waals surface area contributed by atoms with Crippen LogP contribution in [0.15, 0.2) is 47.4 Å². The summed E-state index contributed by atoms with van der Waals surface area (Å²) in [7, 11) is 3.12. The second-order valence-corrected chi connectivity index (χ2v) is 8.37. The van der Waals surface area contributed by atoms with Gasteiger partial charge in [0.25, 0.3) is 5.56 Å². The number of pyridine rings is 1. The molecule has 1 N–H and O–H groups in total. The summed E-state index contributed by atoms with van der Waals surface area (Å²) >= 11 is 0.